The molecule has 166 valence electrons. The molecule has 2 heterocycles. The Morgan fingerprint density at radius 2 is 2.13 bits per heavy atom. The van der Waals surface area contributed by atoms with Gasteiger partial charge in [-0.2, -0.15) is 14.7 Å². The summed E-state index contributed by atoms with van der Waals surface area (Å²) in [6.07, 6.45) is 1.05. The topological polar surface area (TPSA) is 171 Å². The number of nitrogens with two attached hydrogens (primary N) is 1. The molecule has 0 unspecified atom stereocenters. The minimum Gasteiger partial charge on any atom is -0.381 e. The van der Waals surface area contributed by atoms with E-state index in [0.29, 0.717) is 36.3 Å². The van der Waals surface area contributed by atoms with Gasteiger partial charge in [0.15, 0.2) is 5.82 Å². The number of sulfonamides is 1. The molecule has 1 fully saturated rings. The van der Waals surface area contributed by atoms with Crippen molar-refractivity contribution in [3.63, 3.8) is 0 Å². The number of hydrogen-bond acceptors (Lipinski definition) is 9. The predicted octanol–water partition coefficient (Wildman–Crippen LogP) is 0.862. The quantitative estimate of drug-likeness (QED) is 0.438. The number of anilines is 2. The lowest BCUT2D eigenvalue weighted by molar-refractivity contribution is -0.384. The molecule has 13 heteroatoms. The molecule has 2 aromatic rings. The summed E-state index contributed by atoms with van der Waals surface area (Å²) >= 11 is 0. The number of nitriles is 1. The standard InChI is InChI=1S/C18H23N7O5S/c1-23(6-2-3-15-14(12-19)18(20)22-21-15)16-5-4-13(11-17(16)25(26)27)31(28,29)24-7-9-30-10-8-24/h4-5,11H,2-3,6-10H2,1H3,(H3,20,21,22). The maximum absolute atomic E-state index is 12.8. The van der Waals surface area contributed by atoms with Crippen molar-refractivity contribution in [1.82, 2.24) is 14.5 Å². The SMILES string of the molecule is CN(CCCc1[nH]nc(N)c1C#N)c1ccc(S(=O)(=O)N2CCOCC2)cc1[N+](=O)[O-]. The smallest absolute Gasteiger partial charge is 0.293 e. The highest BCUT2D eigenvalue weighted by Crippen LogP contribution is 2.31. The Hall–Kier alpha value is -3.21. The lowest BCUT2D eigenvalue weighted by Gasteiger charge is -2.26. The van der Waals surface area contributed by atoms with Crippen LogP contribution in [-0.4, -0.2) is 67.7 Å². The van der Waals surface area contributed by atoms with Crippen molar-refractivity contribution in [2.24, 2.45) is 0 Å². The van der Waals surface area contributed by atoms with Gasteiger partial charge in [-0.05, 0) is 25.0 Å². The number of aromatic amines is 1. The molecule has 0 aliphatic carbocycles. The second-order valence-corrected chi connectivity index (χ2v) is 8.96. The molecule has 12 nitrogen and oxygen atoms in total. The van der Waals surface area contributed by atoms with Gasteiger partial charge in [-0.25, -0.2) is 8.42 Å². The Morgan fingerprint density at radius 3 is 2.77 bits per heavy atom. The summed E-state index contributed by atoms with van der Waals surface area (Å²) in [5.74, 6) is 0.138. The molecule has 1 aromatic carbocycles. The molecule has 3 N–H and O–H groups in total. The van der Waals surface area contributed by atoms with E-state index in [0.717, 1.165) is 6.07 Å². The van der Waals surface area contributed by atoms with Gasteiger partial charge in [0.05, 0.1) is 28.7 Å². The maximum Gasteiger partial charge on any atom is 0.293 e. The molecule has 1 aliphatic heterocycles. The molecular weight excluding hydrogens is 426 g/mol. The van der Waals surface area contributed by atoms with Crippen LogP contribution in [0.4, 0.5) is 17.2 Å². The normalized spacial score (nSPS) is 14.8. The average Bonchev–Trinajstić information content (AvgIpc) is 3.13. The van der Waals surface area contributed by atoms with Crippen molar-refractivity contribution in [2.45, 2.75) is 17.7 Å². The van der Waals surface area contributed by atoms with Crippen LogP contribution in [0, 0.1) is 21.4 Å². The third kappa shape index (κ3) is 4.76. The molecule has 3 rings (SSSR count). The number of nitrogens with one attached hydrogen (secondary N) is 1. The van der Waals surface area contributed by atoms with Crippen molar-refractivity contribution >= 4 is 27.2 Å². The summed E-state index contributed by atoms with van der Waals surface area (Å²) in [6.45, 7) is 1.43. The van der Waals surface area contributed by atoms with Gasteiger partial charge in [-0.1, -0.05) is 0 Å². The summed E-state index contributed by atoms with van der Waals surface area (Å²) in [6, 6.07) is 5.92. The number of H-pyrrole nitrogens is 1. The van der Waals surface area contributed by atoms with Gasteiger partial charge >= 0.3 is 0 Å². The molecule has 1 aromatic heterocycles. The van der Waals surface area contributed by atoms with Crippen molar-refractivity contribution in [1.29, 1.82) is 5.26 Å². The van der Waals surface area contributed by atoms with E-state index in [1.54, 1.807) is 11.9 Å². The summed E-state index contributed by atoms with van der Waals surface area (Å²) in [5, 5.41) is 27.3. The number of benzene rings is 1. The molecule has 31 heavy (non-hydrogen) atoms. The predicted molar refractivity (Wildman–Crippen MR) is 112 cm³/mol. The fourth-order valence-electron chi connectivity index (χ4n) is 3.38. The number of morpholine rings is 1. The first kappa shape index (κ1) is 22.5. The summed E-state index contributed by atoms with van der Waals surface area (Å²) < 4.78 is 32.1. The molecule has 0 spiro atoms. The first-order chi connectivity index (χ1) is 14.8. The zero-order chi connectivity index (χ0) is 22.6. The van der Waals surface area contributed by atoms with E-state index in [1.807, 2.05) is 6.07 Å². The Balaban J connectivity index is 1.76. The van der Waals surface area contributed by atoms with Crippen molar-refractivity contribution < 1.29 is 18.1 Å². The molecule has 0 radical (unpaired) electrons. The number of nitro groups is 1. The molecular formula is C18H23N7O5S. The van der Waals surface area contributed by atoms with Crippen molar-refractivity contribution in [3.8, 4) is 6.07 Å². The van der Waals surface area contributed by atoms with E-state index in [2.05, 4.69) is 10.2 Å². The third-order valence-corrected chi connectivity index (χ3v) is 6.96. The van der Waals surface area contributed by atoms with Crippen LogP contribution in [0.3, 0.4) is 0 Å². The van der Waals surface area contributed by atoms with Gasteiger partial charge in [0, 0.05) is 32.7 Å². The molecule has 0 bridgehead atoms. The van der Waals surface area contributed by atoms with Gasteiger partial charge in [0.2, 0.25) is 10.0 Å². The second kappa shape index (κ2) is 9.29. The zero-order valence-electron chi connectivity index (χ0n) is 16.9. The van der Waals surface area contributed by atoms with Crippen LogP contribution < -0.4 is 10.6 Å². The molecule has 0 atom stereocenters. The van der Waals surface area contributed by atoms with E-state index in [1.165, 1.54) is 16.4 Å². The highest BCUT2D eigenvalue weighted by Gasteiger charge is 2.29. The monoisotopic (exact) mass is 449 g/mol. The minimum atomic E-state index is -3.84. The number of aromatic nitrogens is 2. The van der Waals surface area contributed by atoms with Gasteiger partial charge in [0.25, 0.3) is 5.69 Å². The number of rotatable bonds is 8. The van der Waals surface area contributed by atoms with Crippen LogP contribution in [0.25, 0.3) is 0 Å². The number of nitrogens with zero attached hydrogens (tertiary/aromatic N) is 5. The molecule has 0 saturated carbocycles. The van der Waals surface area contributed by atoms with Gasteiger partial charge < -0.3 is 15.4 Å². The fourth-order valence-corrected chi connectivity index (χ4v) is 4.81. The van der Waals surface area contributed by atoms with E-state index < -0.39 is 14.9 Å². The average molecular weight is 449 g/mol. The third-order valence-electron chi connectivity index (χ3n) is 5.06. The molecule has 1 saturated heterocycles. The van der Waals surface area contributed by atoms with Gasteiger partial charge in [-0.15, -0.1) is 0 Å². The highest BCUT2D eigenvalue weighted by molar-refractivity contribution is 7.89. The summed E-state index contributed by atoms with van der Waals surface area (Å²) in [7, 11) is -2.16. The van der Waals surface area contributed by atoms with E-state index in [4.69, 9.17) is 15.7 Å². The zero-order valence-corrected chi connectivity index (χ0v) is 17.8. The van der Waals surface area contributed by atoms with Crippen LogP contribution in [-0.2, 0) is 21.2 Å². The summed E-state index contributed by atoms with van der Waals surface area (Å²) in [4.78, 5) is 12.6. The minimum absolute atomic E-state index is 0.121. The Kier molecular flexibility index (Phi) is 6.74. The lowest BCUT2D eigenvalue weighted by Crippen LogP contribution is -2.40. The lowest BCUT2D eigenvalue weighted by atomic mass is 10.1. The van der Waals surface area contributed by atoms with E-state index >= 15 is 0 Å². The first-order valence-electron chi connectivity index (χ1n) is 9.56. The fraction of sp³-hybridized carbons (Fsp3) is 0.444. The number of nitrogen functional groups attached to an aromatic ring is 1. The van der Waals surface area contributed by atoms with Crippen molar-refractivity contribution in [3.05, 3.63) is 39.6 Å². The molecule has 0 amide bonds. The van der Waals surface area contributed by atoms with Crippen LogP contribution in [0.5, 0.6) is 0 Å². The maximum atomic E-state index is 12.8. The van der Waals surface area contributed by atoms with E-state index in [9.17, 15) is 18.5 Å². The first-order valence-corrected chi connectivity index (χ1v) is 11.0. The Labute approximate surface area is 179 Å². The van der Waals surface area contributed by atoms with Crippen LogP contribution in [0.15, 0.2) is 23.1 Å². The van der Waals surface area contributed by atoms with Gasteiger partial charge in [0.1, 0.15) is 17.3 Å². The van der Waals surface area contributed by atoms with Gasteiger partial charge in [-0.3, -0.25) is 15.2 Å². The molecule has 1 aliphatic rings. The number of hydrogen-bond donors (Lipinski definition) is 2. The number of nitro benzene ring substituents is 1. The van der Waals surface area contributed by atoms with E-state index in [-0.39, 0.29) is 42.7 Å². The second-order valence-electron chi connectivity index (χ2n) is 7.02. The Bertz CT molecular complexity index is 1100. The van der Waals surface area contributed by atoms with Crippen LogP contribution >= 0.6 is 0 Å². The number of ether oxygens (including phenoxy) is 1. The summed E-state index contributed by atoms with van der Waals surface area (Å²) in [5.41, 5.74) is 6.53. The van der Waals surface area contributed by atoms with Crippen molar-refractivity contribution in [2.75, 3.05) is 50.5 Å². The van der Waals surface area contributed by atoms with Crippen LogP contribution in [0.2, 0.25) is 0 Å². The highest BCUT2D eigenvalue weighted by atomic mass is 32.2. The largest absolute Gasteiger partial charge is 0.381 e. The Morgan fingerprint density at radius 1 is 1.42 bits per heavy atom. The van der Waals surface area contributed by atoms with Crippen LogP contribution in [0.1, 0.15) is 17.7 Å². The number of aryl methyl sites for hydroxylation is 1.